The molecule has 1 heterocycles. The van der Waals surface area contributed by atoms with Crippen LogP contribution in [-0.2, 0) is 0 Å². The zero-order chi connectivity index (χ0) is 22.1. The Hall–Kier alpha value is -3.78. The summed E-state index contributed by atoms with van der Waals surface area (Å²) < 4.78 is 5.42. The molecule has 0 bridgehead atoms. The highest BCUT2D eigenvalue weighted by Gasteiger charge is 2.14. The maximum atomic E-state index is 12.6. The molecule has 7 heteroatoms. The molecular formula is C24H20N2O5. The lowest BCUT2D eigenvalue weighted by molar-refractivity contribution is -0.991. The van der Waals surface area contributed by atoms with Crippen LogP contribution < -0.4 is 16.2 Å². The molecule has 3 N–H and O–H groups in total. The minimum absolute atomic E-state index is 0.0854. The van der Waals surface area contributed by atoms with Crippen LogP contribution in [0.4, 0.5) is 11.4 Å². The predicted octanol–water partition coefficient (Wildman–Crippen LogP) is 3.73. The number of fused-ring (bicyclic) bond motifs is 1. The maximum absolute atomic E-state index is 12.6. The van der Waals surface area contributed by atoms with Crippen molar-refractivity contribution < 1.29 is 19.6 Å². The van der Waals surface area contributed by atoms with Crippen molar-refractivity contribution in [3.05, 3.63) is 99.0 Å². The lowest BCUT2D eigenvalue weighted by Gasteiger charge is -2.15. The highest BCUT2D eigenvalue weighted by Crippen LogP contribution is 2.26. The molecule has 0 aliphatic heterocycles. The summed E-state index contributed by atoms with van der Waals surface area (Å²) >= 11 is 0. The van der Waals surface area contributed by atoms with Gasteiger partial charge in [-0.2, -0.15) is 5.23 Å². The van der Waals surface area contributed by atoms with Gasteiger partial charge in [0.15, 0.2) is 5.69 Å². The predicted molar refractivity (Wildman–Crippen MR) is 118 cm³/mol. The van der Waals surface area contributed by atoms with E-state index >= 15 is 0 Å². The van der Waals surface area contributed by atoms with Crippen LogP contribution in [0.1, 0.15) is 21.5 Å². The Morgan fingerprint density at radius 3 is 2.48 bits per heavy atom. The van der Waals surface area contributed by atoms with Crippen molar-refractivity contribution in [3.8, 4) is 11.1 Å². The number of benzene rings is 3. The lowest BCUT2D eigenvalue weighted by Crippen LogP contribution is -2.99. The average molecular weight is 416 g/mol. The van der Waals surface area contributed by atoms with Crippen LogP contribution in [0, 0.1) is 19.1 Å². The Labute approximate surface area is 177 Å². The zero-order valence-corrected chi connectivity index (χ0v) is 16.9. The minimum Gasteiger partial charge on any atom is -0.595 e. The Balaban J connectivity index is 1.63. The number of carbonyl (C=O) groups is 1. The molecule has 0 radical (unpaired) electrons. The second-order valence-corrected chi connectivity index (χ2v) is 7.30. The van der Waals surface area contributed by atoms with Crippen LogP contribution in [0.5, 0.6) is 0 Å². The number of para-hydroxylation sites is 1. The smallest absolute Gasteiger partial charge is 0.344 e. The number of rotatable bonds is 4. The number of hydrogen-bond donors (Lipinski definition) is 3. The Morgan fingerprint density at radius 1 is 0.968 bits per heavy atom. The van der Waals surface area contributed by atoms with Gasteiger partial charge < -0.3 is 14.9 Å². The van der Waals surface area contributed by atoms with E-state index in [0.717, 1.165) is 10.9 Å². The van der Waals surface area contributed by atoms with Gasteiger partial charge in [-0.15, -0.1) is 0 Å². The third-order valence-electron chi connectivity index (χ3n) is 5.15. The number of hydrogen-bond acceptors (Lipinski definition) is 5. The number of nitrogens with one attached hydrogen (secondary N) is 2. The van der Waals surface area contributed by atoms with E-state index in [1.54, 1.807) is 55.5 Å². The fourth-order valence-electron chi connectivity index (χ4n) is 3.49. The molecule has 0 fully saturated rings. The van der Waals surface area contributed by atoms with Gasteiger partial charge in [0, 0.05) is 28.3 Å². The first-order chi connectivity index (χ1) is 14.8. The number of anilines is 1. The van der Waals surface area contributed by atoms with Crippen LogP contribution in [0.3, 0.4) is 0 Å². The molecule has 0 aliphatic carbocycles. The first-order valence-corrected chi connectivity index (χ1v) is 9.62. The fourth-order valence-corrected chi connectivity index (χ4v) is 3.49. The van der Waals surface area contributed by atoms with Gasteiger partial charge in [0.1, 0.15) is 5.58 Å². The molecule has 0 saturated carbocycles. The molecule has 31 heavy (non-hydrogen) atoms. The highest BCUT2D eigenvalue weighted by molar-refractivity contribution is 6.05. The molecule has 1 amide bonds. The fraction of sp³-hybridized carbons (Fsp3) is 0.0833. The van der Waals surface area contributed by atoms with Crippen molar-refractivity contribution >= 4 is 28.3 Å². The summed E-state index contributed by atoms with van der Waals surface area (Å²) in [5, 5.41) is 23.1. The van der Waals surface area contributed by atoms with Gasteiger partial charge in [-0.05, 0) is 55.3 Å². The number of amides is 1. The molecule has 4 rings (SSSR count). The van der Waals surface area contributed by atoms with Gasteiger partial charge in [0.05, 0.1) is 5.56 Å². The van der Waals surface area contributed by atoms with Crippen molar-refractivity contribution in [2.75, 3.05) is 5.32 Å². The first kappa shape index (κ1) is 20.5. The SMILES string of the molecule is Cc1cc(NC(=O)c2ccc(C)c([NH+]([O-])O)c2)ccc1-c1cc2ccccc2oc1=O. The summed E-state index contributed by atoms with van der Waals surface area (Å²) in [5.74, 6) is -0.417. The highest BCUT2D eigenvalue weighted by atomic mass is 16.8. The van der Waals surface area contributed by atoms with Crippen LogP contribution in [0.2, 0.25) is 0 Å². The number of aryl methyl sites for hydroxylation is 2. The molecule has 0 spiro atoms. The number of quaternary nitrogens is 1. The van der Waals surface area contributed by atoms with E-state index < -0.39 is 16.8 Å². The van der Waals surface area contributed by atoms with Crippen LogP contribution in [0.15, 0.2) is 75.9 Å². The van der Waals surface area contributed by atoms with Gasteiger partial charge in [0.25, 0.3) is 5.91 Å². The van der Waals surface area contributed by atoms with E-state index in [1.165, 1.54) is 6.07 Å². The zero-order valence-electron chi connectivity index (χ0n) is 16.9. The summed E-state index contributed by atoms with van der Waals surface area (Å²) in [6, 6.07) is 18.8. The van der Waals surface area contributed by atoms with Gasteiger partial charge in [-0.1, -0.05) is 30.3 Å². The molecule has 156 valence electrons. The molecule has 3 aromatic carbocycles. The van der Waals surface area contributed by atoms with Crippen LogP contribution in [-0.4, -0.2) is 11.1 Å². The first-order valence-electron chi connectivity index (χ1n) is 9.62. The van der Waals surface area contributed by atoms with E-state index in [1.807, 2.05) is 19.1 Å². The quantitative estimate of drug-likeness (QED) is 0.347. The van der Waals surface area contributed by atoms with E-state index in [9.17, 15) is 20.0 Å². The molecule has 0 aliphatic rings. The minimum atomic E-state index is -1.08. The van der Waals surface area contributed by atoms with Crippen LogP contribution >= 0.6 is 0 Å². The maximum Gasteiger partial charge on any atom is 0.344 e. The monoisotopic (exact) mass is 416 g/mol. The van der Waals surface area contributed by atoms with Gasteiger partial charge in [0.2, 0.25) is 0 Å². The summed E-state index contributed by atoms with van der Waals surface area (Å²) in [4.78, 5) is 25.1. The summed E-state index contributed by atoms with van der Waals surface area (Å²) in [5.41, 5.74) is 3.49. The standard InChI is InChI=1S/C24H20N2O5/c1-14-7-8-17(13-21(14)26(29)30)23(27)25-18-9-10-19(15(2)11-18)20-12-16-5-3-4-6-22(16)31-24(20)28/h3-13,26,29H,1-2H3,(H,25,27). The molecule has 4 aromatic rings. The molecule has 1 unspecified atom stereocenters. The Bertz CT molecular complexity index is 1360. The normalized spacial score (nSPS) is 12.0. The van der Waals surface area contributed by atoms with Crippen LogP contribution in [0.25, 0.3) is 22.1 Å². The molecule has 0 saturated heterocycles. The van der Waals surface area contributed by atoms with E-state index in [2.05, 4.69) is 5.32 Å². The van der Waals surface area contributed by atoms with Crippen molar-refractivity contribution in [1.82, 2.24) is 0 Å². The van der Waals surface area contributed by atoms with Gasteiger partial charge in [-0.3, -0.25) is 4.79 Å². The van der Waals surface area contributed by atoms with E-state index in [-0.39, 0.29) is 11.3 Å². The summed E-state index contributed by atoms with van der Waals surface area (Å²) in [6.45, 7) is 3.52. The van der Waals surface area contributed by atoms with Crippen molar-refractivity contribution in [2.24, 2.45) is 0 Å². The summed E-state index contributed by atoms with van der Waals surface area (Å²) in [6.07, 6.45) is 0. The van der Waals surface area contributed by atoms with Crippen molar-refractivity contribution in [1.29, 1.82) is 0 Å². The largest absolute Gasteiger partial charge is 0.595 e. The summed E-state index contributed by atoms with van der Waals surface area (Å²) in [7, 11) is 0. The second kappa shape index (κ2) is 8.16. The Morgan fingerprint density at radius 2 is 1.74 bits per heavy atom. The topological polar surface area (TPSA) is 107 Å². The van der Waals surface area contributed by atoms with Gasteiger partial charge in [-0.25, -0.2) is 10.0 Å². The lowest BCUT2D eigenvalue weighted by atomic mass is 10.0. The second-order valence-electron chi connectivity index (χ2n) is 7.30. The number of carbonyl (C=O) groups excluding carboxylic acids is 1. The molecular weight excluding hydrogens is 396 g/mol. The molecule has 1 atom stereocenters. The molecule has 1 aromatic heterocycles. The van der Waals surface area contributed by atoms with Gasteiger partial charge >= 0.3 is 5.63 Å². The van der Waals surface area contributed by atoms with E-state index in [0.29, 0.717) is 28.0 Å². The van der Waals surface area contributed by atoms with Crippen molar-refractivity contribution in [2.45, 2.75) is 13.8 Å². The Kier molecular flexibility index (Phi) is 5.39. The molecule has 7 nitrogen and oxygen atoms in total. The third-order valence-corrected chi connectivity index (χ3v) is 5.15. The third kappa shape index (κ3) is 4.10. The van der Waals surface area contributed by atoms with Crippen molar-refractivity contribution in [3.63, 3.8) is 0 Å². The van der Waals surface area contributed by atoms with E-state index in [4.69, 9.17) is 4.42 Å². The average Bonchev–Trinajstić information content (AvgIpc) is 2.73.